The van der Waals surface area contributed by atoms with Crippen molar-refractivity contribution in [2.75, 3.05) is 6.54 Å². The molecule has 0 bridgehead atoms. The highest BCUT2D eigenvalue weighted by Crippen LogP contribution is 2.36. The molecule has 102 valence electrons. The maximum atomic E-state index is 4.08. The van der Waals surface area contributed by atoms with Gasteiger partial charge in [0.05, 0.1) is 17.9 Å². The largest absolute Gasteiger partial charge is 0.308 e. The van der Waals surface area contributed by atoms with E-state index in [9.17, 15) is 0 Å². The van der Waals surface area contributed by atoms with Crippen molar-refractivity contribution in [3.05, 3.63) is 11.9 Å². The van der Waals surface area contributed by atoms with Crippen LogP contribution in [-0.2, 0) is 7.05 Å². The number of hydrogen-bond acceptors (Lipinski definition) is 3. The minimum absolute atomic E-state index is 0.428. The molecule has 0 aliphatic heterocycles. The van der Waals surface area contributed by atoms with Crippen molar-refractivity contribution in [3.8, 4) is 0 Å². The van der Waals surface area contributed by atoms with E-state index in [4.69, 9.17) is 0 Å². The summed E-state index contributed by atoms with van der Waals surface area (Å²) in [4.78, 5) is 0. The quantitative estimate of drug-likeness (QED) is 0.873. The minimum Gasteiger partial charge on any atom is -0.308 e. The van der Waals surface area contributed by atoms with Crippen LogP contribution in [0, 0.1) is 11.8 Å². The molecule has 0 aromatic carbocycles. The maximum absolute atomic E-state index is 4.08. The zero-order chi connectivity index (χ0) is 13.0. The highest BCUT2D eigenvalue weighted by atomic mass is 15.4. The molecule has 1 aliphatic carbocycles. The van der Waals surface area contributed by atoms with Gasteiger partial charge in [0.25, 0.3) is 0 Å². The van der Waals surface area contributed by atoms with Crippen molar-refractivity contribution in [2.24, 2.45) is 18.9 Å². The summed E-state index contributed by atoms with van der Waals surface area (Å²) < 4.78 is 1.92. The van der Waals surface area contributed by atoms with Gasteiger partial charge in [-0.1, -0.05) is 31.9 Å². The lowest BCUT2D eigenvalue weighted by molar-refractivity contribution is 0.225. The van der Waals surface area contributed by atoms with Gasteiger partial charge in [-0.15, -0.1) is 5.10 Å². The molecule has 1 aliphatic rings. The molecule has 0 spiro atoms. The van der Waals surface area contributed by atoms with Crippen LogP contribution in [0.25, 0.3) is 0 Å². The van der Waals surface area contributed by atoms with Crippen LogP contribution in [-0.4, -0.2) is 21.5 Å². The van der Waals surface area contributed by atoms with Crippen molar-refractivity contribution < 1.29 is 0 Å². The Hall–Kier alpha value is -0.900. The third-order valence-corrected chi connectivity index (χ3v) is 4.21. The van der Waals surface area contributed by atoms with Crippen LogP contribution in [0.2, 0.25) is 0 Å². The van der Waals surface area contributed by atoms with E-state index in [1.54, 1.807) is 0 Å². The van der Waals surface area contributed by atoms with Crippen molar-refractivity contribution in [1.82, 2.24) is 20.3 Å². The number of nitrogens with one attached hydrogen (secondary N) is 1. The lowest BCUT2D eigenvalue weighted by atomic mass is 9.78. The van der Waals surface area contributed by atoms with E-state index in [2.05, 4.69) is 29.5 Å². The van der Waals surface area contributed by atoms with Crippen LogP contribution < -0.4 is 5.32 Å². The van der Waals surface area contributed by atoms with Gasteiger partial charge in [0.2, 0.25) is 0 Å². The molecule has 4 nitrogen and oxygen atoms in total. The average molecular weight is 250 g/mol. The topological polar surface area (TPSA) is 42.7 Å². The van der Waals surface area contributed by atoms with E-state index in [0.717, 1.165) is 18.4 Å². The molecular weight excluding hydrogens is 224 g/mol. The van der Waals surface area contributed by atoms with Crippen LogP contribution >= 0.6 is 0 Å². The van der Waals surface area contributed by atoms with Gasteiger partial charge in [0.15, 0.2) is 0 Å². The molecule has 1 fully saturated rings. The van der Waals surface area contributed by atoms with E-state index in [1.165, 1.54) is 37.8 Å². The molecule has 1 saturated carbocycles. The summed E-state index contributed by atoms with van der Waals surface area (Å²) in [5.74, 6) is 1.64. The molecule has 1 unspecified atom stereocenters. The fourth-order valence-electron chi connectivity index (χ4n) is 3.01. The van der Waals surface area contributed by atoms with E-state index in [-0.39, 0.29) is 0 Å². The lowest BCUT2D eigenvalue weighted by Crippen LogP contribution is -2.32. The number of rotatable bonds is 5. The standard InChI is InChI=1S/C14H26N4/c1-4-9-15-14(13-10-16-17-18(13)3)12-7-5-11(2)6-8-12/h10-12,14-15H,4-9H2,1-3H3. The Morgan fingerprint density at radius 3 is 2.67 bits per heavy atom. The van der Waals surface area contributed by atoms with Gasteiger partial charge in [-0.05, 0) is 37.6 Å². The highest BCUT2D eigenvalue weighted by molar-refractivity contribution is 5.04. The third kappa shape index (κ3) is 3.10. The van der Waals surface area contributed by atoms with Crippen LogP contribution in [0.1, 0.15) is 57.7 Å². The second-order valence-corrected chi connectivity index (χ2v) is 5.73. The SMILES string of the molecule is CCCNC(c1cnnn1C)C1CCC(C)CC1. The van der Waals surface area contributed by atoms with Crippen molar-refractivity contribution in [3.63, 3.8) is 0 Å². The second kappa shape index (κ2) is 6.32. The zero-order valence-corrected chi connectivity index (χ0v) is 11.9. The van der Waals surface area contributed by atoms with Crippen molar-refractivity contribution in [1.29, 1.82) is 0 Å². The smallest absolute Gasteiger partial charge is 0.0756 e. The fourth-order valence-corrected chi connectivity index (χ4v) is 3.01. The summed E-state index contributed by atoms with van der Waals surface area (Å²) >= 11 is 0. The van der Waals surface area contributed by atoms with Crippen LogP contribution in [0.15, 0.2) is 6.20 Å². The van der Waals surface area contributed by atoms with Gasteiger partial charge >= 0.3 is 0 Å². The van der Waals surface area contributed by atoms with Crippen molar-refractivity contribution in [2.45, 2.75) is 52.0 Å². The Morgan fingerprint density at radius 2 is 2.11 bits per heavy atom. The summed E-state index contributed by atoms with van der Waals surface area (Å²) in [5.41, 5.74) is 1.24. The molecule has 0 radical (unpaired) electrons. The van der Waals surface area contributed by atoms with E-state index in [1.807, 2.05) is 17.9 Å². The number of nitrogens with zero attached hydrogens (tertiary/aromatic N) is 3. The molecule has 1 heterocycles. The van der Waals surface area contributed by atoms with Crippen LogP contribution in [0.3, 0.4) is 0 Å². The van der Waals surface area contributed by atoms with Gasteiger partial charge in [-0.25, -0.2) is 0 Å². The second-order valence-electron chi connectivity index (χ2n) is 5.73. The summed E-state index contributed by atoms with van der Waals surface area (Å²) in [7, 11) is 1.99. The first kappa shape index (κ1) is 13.5. The number of aromatic nitrogens is 3. The van der Waals surface area contributed by atoms with Crippen LogP contribution in [0.5, 0.6) is 0 Å². The predicted octanol–water partition coefficient (Wildman–Crippen LogP) is 2.68. The summed E-state index contributed by atoms with van der Waals surface area (Å²) in [6, 6.07) is 0.428. The van der Waals surface area contributed by atoms with E-state index in [0.29, 0.717) is 6.04 Å². The fraction of sp³-hybridized carbons (Fsp3) is 0.857. The first-order valence-electron chi connectivity index (χ1n) is 7.30. The molecular formula is C14H26N4. The van der Waals surface area contributed by atoms with Crippen LogP contribution in [0.4, 0.5) is 0 Å². The molecule has 0 amide bonds. The Bertz CT molecular complexity index is 352. The van der Waals surface area contributed by atoms with Crippen molar-refractivity contribution >= 4 is 0 Å². The molecule has 18 heavy (non-hydrogen) atoms. The minimum atomic E-state index is 0.428. The molecule has 1 aromatic rings. The summed E-state index contributed by atoms with van der Waals surface area (Å²) in [6.07, 6.45) is 8.47. The predicted molar refractivity (Wildman–Crippen MR) is 73.2 cm³/mol. The molecule has 2 rings (SSSR count). The zero-order valence-electron chi connectivity index (χ0n) is 11.9. The Kier molecular flexibility index (Phi) is 4.75. The van der Waals surface area contributed by atoms with E-state index >= 15 is 0 Å². The molecule has 1 aromatic heterocycles. The first-order chi connectivity index (χ1) is 8.72. The van der Waals surface area contributed by atoms with Gasteiger partial charge in [0, 0.05) is 7.05 Å². The van der Waals surface area contributed by atoms with Gasteiger partial charge in [-0.2, -0.15) is 0 Å². The van der Waals surface area contributed by atoms with Gasteiger partial charge < -0.3 is 5.32 Å². The lowest BCUT2D eigenvalue weighted by Gasteiger charge is -2.33. The third-order valence-electron chi connectivity index (χ3n) is 4.21. The number of aryl methyl sites for hydroxylation is 1. The first-order valence-corrected chi connectivity index (χ1v) is 7.30. The molecule has 0 saturated heterocycles. The van der Waals surface area contributed by atoms with Gasteiger partial charge in [0.1, 0.15) is 0 Å². The van der Waals surface area contributed by atoms with Gasteiger partial charge in [-0.3, -0.25) is 4.68 Å². The normalized spacial score (nSPS) is 26.2. The maximum Gasteiger partial charge on any atom is 0.0756 e. The monoisotopic (exact) mass is 250 g/mol. The Morgan fingerprint density at radius 1 is 1.39 bits per heavy atom. The molecule has 1 atom stereocenters. The molecule has 4 heteroatoms. The average Bonchev–Trinajstić information content (AvgIpc) is 2.78. The molecule has 1 N–H and O–H groups in total. The Labute approximate surface area is 110 Å². The Balaban J connectivity index is 2.07. The highest BCUT2D eigenvalue weighted by Gasteiger charge is 2.28. The summed E-state index contributed by atoms with van der Waals surface area (Å²) in [5, 5.41) is 11.8. The van der Waals surface area contributed by atoms with E-state index < -0.39 is 0 Å². The summed E-state index contributed by atoms with van der Waals surface area (Å²) in [6.45, 7) is 5.66. The number of hydrogen-bond donors (Lipinski definition) is 1.